The average molecular weight is 580 g/mol. The highest BCUT2D eigenvalue weighted by Crippen LogP contribution is 2.30. The van der Waals surface area contributed by atoms with Gasteiger partial charge in [0.15, 0.2) is 0 Å². The zero-order valence-electron chi connectivity index (χ0n) is 24.3. The number of benzene rings is 3. The lowest BCUT2D eigenvalue weighted by molar-refractivity contribution is -0.141. The van der Waals surface area contributed by atoms with Crippen LogP contribution < -0.4 is 14.4 Å². The summed E-state index contributed by atoms with van der Waals surface area (Å²) in [7, 11) is -2.15. The molecule has 2 atom stereocenters. The standard InChI is InChI=1S/C32H41N3O5S/c1-5-25(2)33-32(37)29(23-26-15-8-6-9-16-26)34(24-27-17-10-7-11-18-27)31(36)21-14-22-35(41(4,38)39)28-19-12-13-20-30(28)40-3/h6-13,15-20,25,29H,5,14,21-24H2,1-4H3,(H,33,37). The number of amides is 2. The molecule has 1 N–H and O–H groups in total. The summed E-state index contributed by atoms with van der Waals surface area (Å²) in [6.45, 7) is 4.29. The number of nitrogens with one attached hydrogen (secondary N) is 1. The number of anilines is 1. The quantitative estimate of drug-likeness (QED) is 0.279. The van der Waals surface area contributed by atoms with Crippen molar-refractivity contribution in [1.82, 2.24) is 10.2 Å². The number of carbonyl (C=O) groups is 2. The normalized spacial score (nSPS) is 12.7. The molecule has 0 aliphatic carbocycles. The minimum atomic E-state index is -3.64. The van der Waals surface area contributed by atoms with Gasteiger partial charge in [0.2, 0.25) is 21.8 Å². The largest absolute Gasteiger partial charge is 0.495 e. The van der Waals surface area contributed by atoms with Crippen LogP contribution in [-0.2, 0) is 32.6 Å². The Morgan fingerprint density at radius 3 is 2.07 bits per heavy atom. The van der Waals surface area contributed by atoms with Gasteiger partial charge in [0.05, 0.1) is 19.1 Å². The summed E-state index contributed by atoms with van der Waals surface area (Å²) in [6, 6.07) is 25.3. The fraction of sp³-hybridized carbons (Fsp3) is 0.375. The van der Waals surface area contributed by atoms with Crippen LogP contribution in [0.1, 0.15) is 44.2 Å². The van der Waals surface area contributed by atoms with Gasteiger partial charge in [-0.15, -0.1) is 0 Å². The van der Waals surface area contributed by atoms with E-state index in [0.717, 1.165) is 23.8 Å². The molecule has 0 radical (unpaired) electrons. The first-order valence-electron chi connectivity index (χ1n) is 13.9. The summed E-state index contributed by atoms with van der Waals surface area (Å²) in [6.07, 6.45) is 2.59. The van der Waals surface area contributed by atoms with Gasteiger partial charge in [-0.2, -0.15) is 0 Å². The molecule has 2 unspecified atom stereocenters. The van der Waals surface area contributed by atoms with E-state index in [2.05, 4.69) is 5.32 Å². The zero-order chi connectivity index (χ0) is 29.8. The Bertz CT molecular complexity index is 1370. The molecule has 3 aromatic carbocycles. The highest BCUT2D eigenvalue weighted by Gasteiger charge is 2.31. The van der Waals surface area contributed by atoms with Crippen LogP contribution in [-0.4, -0.2) is 57.1 Å². The number of sulfonamides is 1. The van der Waals surface area contributed by atoms with Crippen LogP contribution in [0.5, 0.6) is 5.75 Å². The minimum absolute atomic E-state index is 0.0429. The SMILES string of the molecule is CCC(C)NC(=O)C(Cc1ccccc1)N(Cc1ccccc1)C(=O)CCCN(c1ccccc1OC)S(C)(=O)=O. The van der Waals surface area contributed by atoms with Crippen molar-refractivity contribution in [3.05, 3.63) is 96.1 Å². The van der Waals surface area contributed by atoms with E-state index in [1.165, 1.54) is 11.4 Å². The maximum Gasteiger partial charge on any atom is 0.243 e. The molecule has 3 rings (SSSR count). The van der Waals surface area contributed by atoms with Crippen LogP contribution >= 0.6 is 0 Å². The van der Waals surface area contributed by atoms with Crippen molar-refractivity contribution in [2.45, 2.75) is 58.2 Å². The van der Waals surface area contributed by atoms with Crippen molar-refractivity contribution in [2.24, 2.45) is 0 Å². The van der Waals surface area contributed by atoms with Gasteiger partial charge in [0.25, 0.3) is 0 Å². The van der Waals surface area contributed by atoms with E-state index in [1.54, 1.807) is 29.2 Å². The summed E-state index contributed by atoms with van der Waals surface area (Å²) in [5.41, 5.74) is 2.27. The molecule has 0 aliphatic rings. The van der Waals surface area contributed by atoms with Crippen molar-refractivity contribution in [1.29, 1.82) is 0 Å². The molecule has 41 heavy (non-hydrogen) atoms. The van der Waals surface area contributed by atoms with E-state index >= 15 is 0 Å². The van der Waals surface area contributed by atoms with Crippen molar-refractivity contribution in [3.8, 4) is 5.75 Å². The number of hydrogen-bond donors (Lipinski definition) is 1. The van der Waals surface area contributed by atoms with Gasteiger partial charge in [-0.25, -0.2) is 8.42 Å². The molecule has 0 aliphatic heterocycles. The summed E-state index contributed by atoms with van der Waals surface area (Å²) in [5.74, 6) is 0.00132. The lowest BCUT2D eigenvalue weighted by Crippen LogP contribution is -2.52. The Morgan fingerprint density at radius 2 is 1.49 bits per heavy atom. The van der Waals surface area contributed by atoms with Crippen molar-refractivity contribution < 1.29 is 22.7 Å². The summed E-state index contributed by atoms with van der Waals surface area (Å²) in [4.78, 5) is 29.1. The molecule has 0 saturated heterocycles. The first kappa shape index (κ1) is 31.7. The molecule has 0 heterocycles. The predicted octanol–water partition coefficient (Wildman–Crippen LogP) is 4.80. The van der Waals surface area contributed by atoms with E-state index in [1.807, 2.05) is 74.5 Å². The summed E-state index contributed by atoms with van der Waals surface area (Å²) < 4.78 is 32.1. The van der Waals surface area contributed by atoms with Crippen LogP contribution in [0.3, 0.4) is 0 Å². The molecule has 0 spiro atoms. The van der Waals surface area contributed by atoms with E-state index in [9.17, 15) is 18.0 Å². The number of ether oxygens (including phenoxy) is 1. The van der Waals surface area contributed by atoms with Gasteiger partial charge in [-0.1, -0.05) is 79.7 Å². The number of carbonyl (C=O) groups excluding carboxylic acids is 2. The molecular formula is C32H41N3O5S. The number of nitrogens with zero attached hydrogens (tertiary/aromatic N) is 2. The Morgan fingerprint density at radius 1 is 0.902 bits per heavy atom. The second-order valence-corrected chi connectivity index (χ2v) is 12.0. The minimum Gasteiger partial charge on any atom is -0.495 e. The zero-order valence-corrected chi connectivity index (χ0v) is 25.1. The number of hydrogen-bond acceptors (Lipinski definition) is 5. The third-order valence-corrected chi connectivity index (χ3v) is 8.15. The molecule has 0 saturated carbocycles. The predicted molar refractivity (Wildman–Crippen MR) is 163 cm³/mol. The fourth-order valence-electron chi connectivity index (χ4n) is 4.59. The van der Waals surface area contributed by atoms with E-state index < -0.39 is 16.1 Å². The molecule has 2 amide bonds. The van der Waals surface area contributed by atoms with E-state index in [4.69, 9.17) is 4.74 Å². The van der Waals surface area contributed by atoms with Gasteiger partial charge in [0.1, 0.15) is 11.8 Å². The van der Waals surface area contributed by atoms with Gasteiger partial charge in [0, 0.05) is 32.0 Å². The maximum atomic E-state index is 13.9. The fourth-order valence-corrected chi connectivity index (χ4v) is 5.56. The summed E-state index contributed by atoms with van der Waals surface area (Å²) >= 11 is 0. The molecule has 9 heteroatoms. The van der Waals surface area contributed by atoms with Crippen LogP contribution in [0.25, 0.3) is 0 Å². The van der Waals surface area contributed by atoms with Crippen LogP contribution in [0.15, 0.2) is 84.9 Å². The smallest absolute Gasteiger partial charge is 0.243 e. The Kier molecular flexibility index (Phi) is 11.8. The number of para-hydroxylation sites is 2. The second-order valence-electron chi connectivity index (χ2n) is 10.1. The van der Waals surface area contributed by atoms with Gasteiger partial charge in [-0.3, -0.25) is 13.9 Å². The lowest BCUT2D eigenvalue weighted by Gasteiger charge is -2.32. The van der Waals surface area contributed by atoms with Gasteiger partial charge < -0.3 is 15.0 Å². The Balaban J connectivity index is 1.88. The summed E-state index contributed by atoms with van der Waals surface area (Å²) in [5, 5.41) is 3.07. The van der Waals surface area contributed by atoms with E-state index in [0.29, 0.717) is 17.9 Å². The molecule has 8 nitrogen and oxygen atoms in total. The van der Waals surface area contributed by atoms with Gasteiger partial charge >= 0.3 is 0 Å². The second kappa shape index (κ2) is 15.2. The van der Waals surface area contributed by atoms with Crippen LogP contribution in [0.2, 0.25) is 0 Å². The highest BCUT2D eigenvalue weighted by molar-refractivity contribution is 7.92. The monoisotopic (exact) mass is 579 g/mol. The molecule has 3 aromatic rings. The van der Waals surface area contributed by atoms with Crippen molar-refractivity contribution >= 4 is 27.5 Å². The van der Waals surface area contributed by atoms with Gasteiger partial charge in [-0.05, 0) is 43.0 Å². The molecule has 220 valence electrons. The Hall–Kier alpha value is -3.85. The first-order valence-corrected chi connectivity index (χ1v) is 15.8. The first-order chi connectivity index (χ1) is 19.6. The third kappa shape index (κ3) is 9.35. The average Bonchev–Trinajstić information content (AvgIpc) is 2.97. The van der Waals surface area contributed by atoms with E-state index in [-0.39, 0.29) is 43.8 Å². The molecule has 0 aromatic heterocycles. The molecule has 0 bridgehead atoms. The van der Waals surface area contributed by atoms with Crippen molar-refractivity contribution in [2.75, 3.05) is 24.2 Å². The molecular weight excluding hydrogens is 538 g/mol. The highest BCUT2D eigenvalue weighted by atomic mass is 32.2. The topological polar surface area (TPSA) is 96.0 Å². The number of rotatable bonds is 15. The lowest BCUT2D eigenvalue weighted by atomic mass is 10.0. The maximum absolute atomic E-state index is 13.9. The van der Waals surface area contributed by atoms with Crippen LogP contribution in [0, 0.1) is 0 Å². The van der Waals surface area contributed by atoms with Crippen molar-refractivity contribution in [3.63, 3.8) is 0 Å². The third-order valence-electron chi connectivity index (χ3n) is 6.97. The Labute approximate surface area is 244 Å². The van der Waals surface area contributed by atoms with Crippen LogP contribution in [0.4, 0.5) is 5.69 Å². The number of methoxy groups -OCH3 is 1. The molecule has 0 fully saturated rings.